The topological polar surface area (TPSA) is 42.0 Å². The number of fused-ring (bicyclic) bond motifs is 1. The van der Waals surface area contributed by atoms with Crippen LogP contribution in [0.15, 0.2) is 93.8 Å². The Morgan fingerprint density at radius 2 is 1.56 bits per heavy atom. The molecule has 0 atom stereocenters. The minimum absolute atomic E-state index is 0.644. The highest BCUT2D eigenvalue weighted by Gasteiger charge is 2.19. The number of thiophene rings is 1. The van der Waals surface area contributed by atoms with Crippen LogP contribution < -0.4 is 0 Å². The van der Waals surface area contributed by atoms with Crippen molar-refractivity contribution in [3.63, 3.8) is 0 Å². The summed E-state index contributed by atoms with van der Waals surface area (Å²) in [5, 5.41) is 13.1. The number of aromatic nitrogens is 2. The van der Waals surface area contributed by atoms with E-state index in [1.54, 1.807) is 22.7 Å². The zero-order valence-electron chi connectivity index (χ0n) is 14.2. The molecule has 0 saturated heterocycles. The molecule has 0 spiro atoms. The third-order valence-corrected chi connectivity index (χ3v) is 5.89. The van der Waals surface area contributed by atoms with Gasteiger partial charge in [0.2, 0.25) is 5.82 Å². The van der Waals surface area contributed by atoms with Crippen LogP contribution in [-0.2, 0) is 0 Å². The van der Waals surface area contributed by atoms with Crippen molar-refractivity contribution in [1.82, 2.24) is 9.38 Å². The van der Waals surface area contributed by atoms with Gasteiger partial charge in [0, 0.05) is 5.38 Å². The average molecular weight is 387 g/mol. The second-order valence-corrected chi connectivity index (χ2v) is 7.69. The van der Waals surface area contributed by atoms with E-state index in [0.717, 1.165) is 32.5 Å². The first kappa shape index (κ1) is 16.1. The van der Waals surface area contributed by atoms with E-state index in [1.807, 2.05) is 42.5 Å². The molecule has 0 radical (unpaired) electrons. The summed E-state index contributed by atoms with van der Waals surface area (Å²) in [6, 6.07) is 24.2. The van der Waals surface area contributed by atoms with Crippen LogP contribution in [0.25, 0.3) is 26.8 Å². The zero-order valence-corrected chi connectivity index (χ0v) is 15.8. The molecule has 0 fully saturated rings. The van der Waals surface area contributed by atoms with E-state index >= 15 is 0 Å². The normalized spacial score (nSPS) is 11.6. The number of azo groups is 1. The van der Waals surface area contributed by atoms with E-state index in [2.05, 4.69) is 55.7 Å². The summed E-state index contributed by atoms with van der Waals surface area (Å²) < 4.78 is 2.19. The van der Waals surface area contributed by atoms with Crippen molar-refractivity contribution < 1.29 is 0 Å². The number of imidazole rings is 1. The lowest BCUT2D eigenvalue weighted by Gasteiger charge is -2.03. The maximum atomic E-state index is 4.76. The fourth-order valence-electron chi connectivity index (χ4n) is 2.96. The largest absolute Gasteiger partial charge is 0.280 e. The summed E-state index contributed by atoms with van der Waals surface area (Å²) in [6.45, 7) is 0. The highest BCUT2D eigenvalue weighted by Crippen LogP contribution is 2.39. The van der Waals surface area contributed by atoms with Crippen LogP contribution in [0.4, 0.5) is 11.5 Å². The first-order valence-corrected chi connectivity index (χ1v) is 10.2. The van der Waals surface area contributed by atoms with Crippen LogP contribution >= 0.6 is 22.7 Å². The summed E-state index contributed by atoms with van der Waals surface area (Å²) in [4.78, 5) is 6.80. The van der Waals surface area contributed by atoms with Gasteiger partial charge in [-0.2, -0.15) is 4.98 Å². The van der Waals surface area contributed by atoms with Gasteiger partial charge in [-0.1, -0.05) is 54.6 Å². The lowest BCUT2D eigenvalue weighted by molar-refractivity contribution is 1.19. The highest BCUT2D eigenvalue weighted by atomic mass is 32.1. The predicted octanol–water partition coefficient (Wildman–Crippen LogP) is 7.21. The smallest absolute Gasteiger partial charge is 0.202 e. The molecule has 0 bridgehead atoms. The van der Waals surface area contributed by atoms with Crippen molar-refractivity contribution in [2.75, 3.05) is 0 Å². The first-order chi connectivity index (χ1) is 13.4. The molecule has 2 aromatic carbocycles. The molecule has 3 heterocycles. The van der Waals surface area contributed by atoms with Crippen LogP contribution in [0.3, 0.4) is 0 Å². The van der Waals surface area contributed by atoms with Gasteiger partial charge in [0.15, 0.2) is 4.96 Å². The molecule has 27 heavy (non-hydrogen) atoms. The van der Waals surface area contributed by atoms with E-state index < -0.39 is 0 Å². The molecule has 0 saturated carbocycles. The van der Waals surface area contributed by atoms with E-state index in [4.69, 9.17) is 4.98 Å². The van der Waals surface area contributed by atoms with E-state index in [9.17, 15) is 0 Å². The Morgan fingerprint density at radius 3 is 2.30 bits per heavy atom. The van der Waals surface area contributed by atoms with Gasteiger partial charge >= 0.3 is 0 Å². The Balaban J connectivity index is 1.71. The van der Waals surface area contributed by atoms with Crippen LogP contribution in [0, 0.1) is 0 Å². The standard InChI is InChI=1S/C21H14N4S2/c1-3-8-15(9-4-1)17-14-27-21-22-20(24-23-16-10-5-2-6-11-16)19(25(17)21)18-12-7-13-26-18/h1-14H. The third-order valence-electron chi connectivity index (χ3n) is 4.19. The summed E-state index contributed by atoms with van der Waals surface area (Å²) in [7, 11) is 0. The molecule has 0 unspecified atom stereocenters. The lowest BCUT2D eigenvalue weighted by Crippen LogP contribution is -1.88. The Labute approximate surface area is 164 Å². The van der Waals surface area contributed by atoms with E-state index in [1.165, 1.54) is 0 Å². The number of rotatable bonds is 4. The molecule has 3 aromatic heterocycles. The number of benzene rings is 2. The Kier molecular flexibility index (Phi) is 4.12. The van der Waals surface area contributed by atoms with Crippen molar-refractivity contribution in [2.24, 2.45) is 10.2 Å². The quantitative estimate of drug-likeness (QED) is 0.301. The summed E-state index contributed by atoms with van der Waals surface area (Å²) in [5.41, 5.74) is 4.08. The number of nitrogens with zero attached hydrogens (tertiary/aromatic N) is 4. The Hall–Kier alpha value is -3.09. The molecule has 0 amide bonds. The summed E-state index contributed by atoms with van der Waals surface area (Å²) in [5.74, 6) is 0.644. The summed E-state index contributed by atoms with van der Waals surface area (Å²) in [6.07, 6.45) is 0. The lowest BCUT2D eigenvalue weighted by atomic mass is 10.2. The molecule has 0 aliphatic heterocycles. The fourth-order valence-corrected chi connectivity index (χ4v) is 4.61. The SMILES string of the molecule is c1ccc(N=Nc2nc3scc(-c4ccccc4)n3c2-c2cccs2)cc1. The van der Waals surface area contributed by atoms with Gasteiger partial charge in [-0.25, -0.2) is 0 Å². The van der Waals surface area contributed by atoms with Crippen molar-refractivity contribution in [1.29, 1.82) is 0 Å². The molecule has 0 aliphatic rings. The van der Waals surface area contributed by atoms with Gasteiger partial charge < -0.3 is 0 Å². The Morgan fingerprint density at radius 1 is 0.778 bits per heavy atom. The second-order valence-electron chi connectivity index (χ2n) is 5.90. The first-order valence-electron chi connectivity index (χ1n) is 8.46. The second kappa shape index (κ2) is 6.90. The predicted molar refractivity (Wildman–Crippen MR) is 112 cm³/mol. The maximum Gasteiger partial charge on any atom is 0.202 e. The van der Waals surface area contributed by atoms with Crippen LogP contribution in [0.5, 0.6) is 0 Å². The fraction of sp³-hybridized carbons (Fsp3) is 0. The van der Waals surface area contributed by atoms with Crippen LogP contribution in [-0.4, -0.2) is 9.38 Å². The molecule has 5 rings (SSSR count). The number of hydrogen-bond acceptors (Lipinski definition) is 5. The van der Waals surface area contributed by atoms with Crippen molar-refractivity contribution in [2.45, 2.75) is 0 Å². The molecular formula is C21H14N4S2. The monoisotopic (exact) mass is 386 g/mol. The van der Waals surface area contributed by atoms with Crippen LogP contribution in [0.1, 0.15) is 0 Å². The maximum absolute atomic E-state index is 4.76. The van der Waals surface area contributed by atoms with Crippen molar-refractivity contribution >= 4 is 39.1 Å². The van der Waals surface area contributed by atoms with E-state index in [0.29, 0.717) is 5.82 Å². The molecule has 6 heteroatoms. The van der Waals surface area contributed by atoms with E-state index in [-0.39, 0.29) is 0 Å². The minimum Gasteiger partial charge on any atom is -0.280 e. The van der Waals surface area contributed by atoms with Gasteiger partial charge in [0.05, 0.1) is 16.3 Å². The Bertz CT molecular complexity index is 1200. The molecular weight excluding hydrogens is 372 g/mol. The molecule has 130 valence electrons. The molecule has 5 aromatic rings. The highest BCUT2D eigenvalue weighted by molar-refractivity contribution is 7.16. The van der Waals surface area contributed by atoms with Gasteiger partial charge in [0.25, 0.3) is 0 Å². The molecule has 0 N–H and O–H groups in total. The molecule has 0 aliphatic carbocycles. The summed E-state index contributed by atoms with van der Waals surface area (Å²) >= 11 is 3.30. The van der Waals surface area contributed by atoms with Gasteiger partial charge in [-0.05, 0) is 29.1 Å². The minimum atomic E-state index is 0.644. The van der Waals surface area contributed by atoms with Gasteiger partial charge in [0.1, 0.15) is 5.69 Å². The number of hydrogen-bond donors (Lipinski definition) is 0. The van der Waals surface area contributed by atoms with Crippen molar-refractivity contribution in [3.05, 3.63) is 83.6 Å². The molecule has 4 nitrogen and oxygen atoms in total. The average Bonchev–Trinajstić information content (AvgIpc) is 3.44. The van der Waals surface area contributed by atoms with Gasteiger partial charge in [-0.3, -0.25) is 4.40 Å². The van der Waals surface area contributed by atoms with Crippen molar-refractivity contribution in [3.8, 4) is 21.8 Å². The van der Waals surface area contributed by atoms with Crippen LogP contribution in [0.2, 0.25) is 0 Å². The zero-order chi connectivity index (χ0) is 18.1. The van der Waals surface area contributed by atoms with Gasteiger partial charge in [-0.15, -0.1) is 32.9 Å². The number of thiazole rings is 1. The third kappa shape index (κ3) is 2.99.